The van der Waals surface area contributed by atoms with E-state index in [2.05, 4.69) is 5.32 Å². The van der Waals surface area contributed by atoms with Gasteiger partial charge in [-0.2, -0.15) is 0 Å². The number of thiophene rings is 1. The first kappa shape index (κ1) is 13.9. The lowest BCUT2D eigenvalue weighted by Gasteiger charge is -2.04. The molecule has 0 saturated carbocycles. The summed E-state index contributed by atoms with van der Waals surface area (Å²) < 4.78 is 5.62. The Morgan fingerprint density at radius 2 is 2.26 bits per heavy atom. The summed E-state index contributed by atoms with van der Waals surface area (Å²) in [4.78, 5) is 12.3. The Morgan fingerprint density at radius 1 is 1.42 bits per heavy atom. The van der Waals surface area contributed by atoms with Crippen LogP contribution in [-0.4, -0.2) is 12.5 Å². The monoisotopic (exact) mass is 295 g/mol. The summed E-state index contributed by atoms with van der Waals surface area (Å²) in [7, 11) is 0. The quantitative estimate of drug-likeness (QED) is 0.913. The minimum atomic E-state index is -0.0403. The van der Waals surface area contributed by atoms with Crippen LogP contribution in [0.3, 0.4) is 0 Å². The van der Waals surface area contributed by atoms with Gasteiger partial charge in [0.1, 0.15) is 12.4 Å². The van der Waals surface area contributed by atoms with E-state index in [9.17, 15) is 4.79 Å². The lowest BCUT2D eigenvalue weighted by Crippen LogP contribution is -2.21. The van der Waals surface area contributed by atoms with Crippen LogP contribution in [0.4, 0.5) is 0 Å². The van der Waals surface area contributed by atoms with Crippen LogP contribution < -0.4 is 10.1 Å². The number of benzene rings is 1. The molecule has 3 nitrogen and oxygen atoms in total. The summed E-state index contributed by atoms with van der Waals surface area (Å²) in [5.74, 6) is 0.680. The average Bonchev–Trinajstić information content (AvgIpc) is 2.86. The van der Waals surface area contributed by atoms with Gasteiger partial charge in [-0.15, -0.1) is 11.3 Å². The Labute approximate surface area is 121 Å². The molecule has 0 fully saturated rings. The normalized spacial score (nSPS) is 10.2. The highest BCUT2D eigenvalue weighted by molar-refractivity contribution is 7.12. The fraction of sp³-hybridized carbons (Fsp3) is 0.214. The van der Waals surface area contributed by atoms with Gasteiger partial charge < -0.3 is 10.1 Å². The number of rotatable bonds is 5. The molecule has 0 atom stereocenters. The van der Waals surface area contributed by atoms with Crippen LogP contribution in [-0.2, 0) is 6.61 Å². The molecule has 1 heterocycles. The second-order valence-electron chi connectivity index (χ2n) is 3.92. The SMILES string of the molecule is CCNC(=O)c1cc(COc2cccc(Cl)c2)cs1. The first-order chi connectivity index (χ1) is 9.19. The Hall–Kier alpha value is -1.52. The van der Waals surface area contributed by atoms with Crippen LogP contribution in [0.5, 0.6) is 5.75 Å². The number of hydrogen-bond acceptors (Lipinski definition) is 3. The minimum Gasteiger partial charge on any atom is -0.489 e. The molecule has 1 amide bonds. The molecule has 2 aromatic rings. The number of carbonyl (C=O) groups is 1. The van der Waals surface area contributed by atoms with Crippen molar-refractivity contribution in [2.45, 2.75) is 13.5 Å². The second-order valence-corrected chi connectivity index (χ2v) is 5.27. The van der Waals surface area contributed by atoms with E-state index in [1.807, 2.05) is 30.5 Å². The van der Waals surface area contributed by atoms with Crippen molar-refractivity contribution in [1.82, 2.24) is 5.32 Å². The maximum atomic E-state index is 11.6. The van der Waals surface area contributed by atoms with Crippen LogP contribution >= 0.6 is 22.9 Å². The van der Waals surface area contributed by atoms with Crippen molar-refractivity contribution in [2.75, 3.05) is 6.54 Å². The third-order valence-corrected chi connectivity index (χ3v) is 3.63. The molecule has 1 N–H and O–H groups in total. The number of nitrogens with one attached hydrogen (secondary N) is 1. The average molecular weight is 296 g/mol. The summed E-state index contributed by atoms with van der Waals surface area (Å²) >= 11 is 7.29. The van der Waals surface area contributed by atoms with Crippen molar-refractivity contribution in [3.8, 4) is 5.75 Å². The molecule has 0 unspecified atom stereocenters. The molecular formula is C14H14ClNO2S. The van der Waals surface area contributed by atoms with Gasteiger partial charge in [-0.3, -0.25) is 4.79 Å². The molecule has 0 saturated heterocycles. The molecule has 0 aliphatic carbocycles. The number of carbonyl (C=O) groups excluding carboxylic acids is 1. The number of amides is 1. The molecule has 0 aliphatic rings. The third-order valence-electron chi connectivity index (χ3n) is 2.42. The van der Waals surface area contributed by atoms with Crippen LogP contribution in [0, 0.1) is 0 Å². The number of halogens is 1. The minimum absolute atomic E-state index is 0.0403. The maximum Gasteiger partial charge on any atom is 0.261 e. The fourth-order valence-electron chi connectivity index (χ4n) is 1.54. The van der Waals surface area contributed by atoms with Crippen molar-refractivity contribution in [3.05, 3.63) is 51.2 Å². The number of hydrogen-bond donors (Lipinski definition) is 1. The van der Waals surface area contributed by atoms with Gasteiger partial charge in [0, 0.05) is 17.1 Å². The molecule has 0 bridgehead atoms. The van der Waals surface area contributed by atoms with Crippen molar-refractivity contribution in [1.29, 1.82) is 0 Å². The van der Waals surface area contributed by atoms with Crippen LogP contribution in [0.15, 0.2) is 35.7 Å². The second kappa shape index (κ2) is 6.59. The van der Waals surface area contributed by atoms with Gasteiger partial charge in [-0.05, 0) is 36.6 Å². The van der Waals surface area contributed by atoms with Gasteiger partial charge in [0.05, 0.1) is 4.88 Å². The summed E-state index contributed by atoms with van der Waals surface area (Å²) in [5.41, 5.74) is 0.978. The molecule has 5 heteroatoms. The van der Waals surface area contributed by atoms with Gasteiger partial charge in [-0.25, -0.2) is 0 Å². The Kier molecular flexibility index (Phi) is 4.82. The van der Waals surface area contributed by atoms with E-state index in [-0.39, 0.29) is 5.91 Å². The van der Waals surface area contributed by atoms with Crippen molar-refractivity contribution < 1.29 is 9.53 Å². The Balaban J connectivity index is 1.95. The summed E-state index contributed by atoms with van der Waals surface area (Å²) in [6.07, 6.45) is 0. The lowest BCUT2D eigenvalue weighted by atomic mass is 10.3. The van der Waals surface area contributed by atoms with E-state index >= 15 is 0 Å². The van der Waals surface area contributed by atoms with E-state index in [1.54, 1.807) is 12.1 Å². The van der Waals surface area contributed by atoms with Crippen molar-refractivity contribution in [2.24, 2.45) is 0 Å². The lowest BCUT2D eigenvalue weighted by molar-refractivity contribution is 0.0960. The zero-order chi connectivity index (χ0) is 13.7. The van der Waals surface area contributed by atoms with Gasteiger partial charge in [-0.1, -0.05) is 17.7 Å². The van der Waals surface area contributed by atoms with E-state index in [0.717, 1.165) is 11.3 Å². The molecule has 0 spiro atoms. The fourth-order valence-corrected chi connectivity index (χ4v) is 2.53. The Morgan fingerprint density at radius 3 is 3.00 bits per heavy atom. The topological polar surface area (TPSA) is 38.3 Å². The zero-order valence-corrected chi connectivity index (χ0v) is 12.1. The highest BCUT2D eigenvalue weighted by atomic mass is 35.5. The van der Waals surface area contributed by atoms with Crippen LogP contribution in [0.1, 0.15) is 22.2 Å². The number of ether oxygens (including phenoxy) is 1. The first-order valence-corrected chi connectivity index (χ1v) is 7.18. The smallest absolute Gasteiger partial charge is 0.261 e. The molecule has 1 aromatic heterocycles. The van der Waals surface area contributed by atoms with E-state index in [0.29, 0.717) is 23.1 Å². The third kappa shape index (κ3) is 3.98. The van der Waals surface area contributed by atoms with Crippen LogP contribution in [0.2, 0.25) is 5.02 Å². The first-order valence-electron chi connectivity index (χ1n) is 5.93. The summed E-state index contributed by atoms with van der Waals surface area (Å²) in [6, 6.07) is 9.10. The molecular weight excluding hydrogens is 282 g/mol. The van der Waals surface area contributed by atoms with Gasteiger partial charge in [0.25, 0.3) is 5.91 Å². The molecule has 100 valence electrons. The van der Waals surface area contributed by atoms with Crippen molar-refractivity contribution in [3.63, 3.8) is 0 Å². The molecule has 19 heavy (non-hydrogen) atoms. The van der Waals surface area contributed by atoms with Gasteiger partial charge in [0.2, 0.25) is 0 Å². The summed E-state index contributed by atoms with van der Waals surface area (Å²) in [5, 5.41) is 5.34. The largest absolute Gasteiger partial charge is 0.489 e. The predicted octanol–water partition coefficient (Wildman–Crippen LogP) is 3.73. The Bertz CT molecular complexity index is 568. The highest BCUT2D eigenvalue weighted by Crippen LogP contribution is 2.20. The summed E-state index contributed by atoms with van der Waals surface area (Å²) in [6.45, 7) is 2.95. The molecule has 1 aromatic carbocycles. The van der Waals surface area contributed by atoms with Gasteiger partial charge in [0.15, 0.2) is 0 Å². The standard InChI is InChI=1S/C14H14ClNO2S/c1-2-16-14(17)13-6-10(9-19-13)8-18-12-5-3-4-11(15)7-12/h3-7,9H,2,8H2,1H3,(H,16,17). The van der Waals surface area contributed by atoms with E-state index < -0.39 is 0 Å². The maximum absolute atomic E-state index is 11.6. The highest BCUT2D eigenvalue weighted by Gasteiger charge is 2.08. The van der Waals surface area contributed by atoms with E-state index in [4.69, 9.17) is 16.3 Å². The molecule has 0 aliphatic heterocycles. The molecule has 0 radical (unpaired) electrons. The van der Waals surface area contributed by atoms with E-state index in [1.165, 1.54) is 11.3 Å². The van der Waals surface area contributed by atoms with Gasteiger partial charge >= 0.3 is 0 Å². The van der Waals surface area contributed by atoms with Crippen molar-refractivity contribution >= 4 is 28.8 Å². The van der Waals surface area contributed by atoms with Crippen LogP contribution in [0.25, 0.3) is 0 Å². The molecule has 2 rings (SSSR count). The zero-order valence-electron chi connectivity index (χ0n) is 10.5. The predicted molar refractivity (Wildman–Crippen MR) is 78.1 cm³/mol.